The highest BCUT2D eigenvalue weighted by Gasteiger charge is 2.23. The molecule has 110 valence electrons. The van der Waals surface area contributed by atoms with Crippen LogP contribution in [-0.4, -0.2) is 85.0 Å². The largest absolute Gasteiger partial charge is 0.394 e. The molecule has 0 saturated heterocycles. The lowest BCUT2D eigenvalue weighted by atomic mass is 10.1. The van der Waals surface area contributed by atoms with E-state index in [1.165, 1.54) is 6.92 Å². The molecule has 0 spiro atoms. The van der Waals surface area contributed by atoms with Gasteiger partial charge in [-0.25, -0.2) is 0 Å². The molecule has 7 heteroatoms. The van der Waals surface area contributed by atoms with Crippen LogP contribution in [0, 0.1) is 0 Å². The normalized spacial score (nSPS) is 16.5. The van der Waals surface area contributed by atoms with Crippen LogP contribution in [0.4, 0.5) is 0 Å². The van der Waals surface area contributed by atoms with Gasteiger partial charge in [-0.15, -0.1) is 0 Å². The van der Waals surface area contributed by atoms with Gasteiger partial charge in [-0.05, 0) is 6.92 Å². The molecule has 0 rings (SSSR count). The van der Waals surface area contributed by atoms with Crippen LogP contribution in [0.3, 0.4) is 0 Å². The van der Waals surface area contributed by atoms with Gasteiger partial charge in [-0.2, -0.15) is 0 Å². The van der Waals surface area contributed by atoms with Crippen LogP contribution < -0.4 is 0 Å². The van der Waals surface area contributed by atoms with Crippen LogP contribution >= 0.6 is 0 Å². The van der Waals surface area contributed by atoms with Crippen molar-refractivity contribution in [3.05, 3.63) is 0 Å². The maximum absolute atomic E-state index is 9.47. The van der Waals surface area contributed by atoms with Gasteiger partial charge in [-0.1, -0.05) is 0 Å². The molecular formula is C11H24O7. The lowest BCUT2D eigenvalue weighted by Gasteiger charge is -2.23. The molecule has 18 heavy (non-hydrogen) atoms. The first-order valence-electron chi connectivity index (χ1n) is 5.98. The summed E-state index contributed by atoms with van der Waals surface area (Å²) in [7, 11) is 0. The molecule has 0 bridgehead atoms. The van der Waals surface area contributed by atoms with Crippen molar-refractivity contribution in [1.82, 2.24) is 0 Å². The Labute approximate surface area is 107 Å². The zero-order chi connectivity index (χ0) is 13.8. The van der Waals surface area contributed by atoms with Crippen molar-refractivity contribution in [3.63, 3.8) is 0 Å². The maximum Gasteiger partial charge on any atom is 0.109 e. The van der Waals surface area contributed by atoms with Crippen molar-refractivity contribution in [1.29, 1.82) is 0 Å². The monoisotopic (exact) mass is 268 g/mol. The Morgan fingerprint density at radius 2 is 1.44 bits per heavy atom. The van der Waals surface area contributed by atoms with Gasteiger partial charge < -0.3 is 34.6 Å². The third-order valence-electron chi connectivity index (χ3n) is 2.22. The molecule has 0 fully saturated rings. The molecule has 0 aliphatic carbocycles. The van der Waals surface area contributed by atoms with Gasteiger partial charge in [0.15, 0.2) is 0 Å². The molecule has 0 aliphatic heterocycles. The lowest BCUT2D eigenvalue weighted by molar-refractivity contribution is -0.112. The smallest absolute Gasteiger partial charge is 0.109 e. The van der Waals surface area contributed by atoms with Crippen molar-refractivity contribution in [3.8, 4) is 0 Å². The number of hydrogen-bond donors (Lipinski definition) is 4. The highest BCUT2D eigenvalue weighted by atomic mass is 16.6. The molecule has 0 aromatic heterocycles. The molecule has 0 heterocycles. The third-order valence-corrected chi connectivity index (χ3v) is 2.22. The predicted octanol–water partition coefficient (Wildman–Crippen LogP) is -1.87. The number of aliphatic hydroxyl groups excluding tert-OH is 4. The summed E-state index contributed by atoms with van der Waals surface area (Å²) in [6.45, 7) is 2.59. The van der Waals surface area contributed by atoms with Crippen molar-refractivity contribution < 1.29 is 34.6 Å². The Hall–Kier alpha value is -0.280. The second kappa shape index (κ2) is 11.8. The van der Waals surface area contributed by atoms with Crippen LogP contribution in [0.2, 0.25) is 0 Å². The van der Waals surface area contributed by atoms with Gasteiger partial charge >= 0.3 is 0 Å². The van der Waals surface area contributed by atoms with Gasteiger partial charge in [0.2, 0.25) is 0 Å². The summed E-state index contributed by atoms with van der Waals surface area (Å²) < 4.78 is 15.3. The summed E-state index contributed by atoms with van der Waals surface area (Å²) in [5.41, 5.74) is 0. The van der Waals surface area contributed by atoms with E-state index in [9.17, 15) is 5.11 Å². The summed E-state index contributed by atoms with van der Waals surface area (Å²) in [6, 6.07) is 0. The molecule has 0 amide bonds. The fraction of sp³-hybridized carbons (Fsp3) is 1.00. The average Bonchev–Trinajstić information content (AvgIpc) is 2.36. The summed E-state index contributed by atoms with van der Waals surface area (Å²) in [6.07, 6.45) is -2.91. The number of ether oxygens (including phenoxy) is 3. The third kappa shape index (κ3) is 8.76. The molecule has 3 atom stereocenters. The Balaban J connectivity index is 3.45. The summed E-state index contributed by atoms with van der Waals surface area (Å²) in [5, 5.41) is 36.0. The molecule has 7 nitrogen and oxygen atoms in total. The quantitative estimate of drug-likeness (QED) is 0.307. The molecular weight excluding hydrogens is 244 g/mol. The molecule has 3 unspecified atom stereocenters. The fourth-order valence-electron chi connectivity index (χ4n) is 1.21. The van der Waals surface area contributed by atoms with Crippen LogP contribution in [0.15, 0.2) is 0 Å². The molecule has 4 N–H and O–H groups in total. The Bertz CT molecular complexity index is 177. The van der Waals surface area contributed by atoms with E-state index in [0.717, 1.165) is 0 Å². The maximum atomic E-state index is 9.47. The summed E-state index contributed by atoms with van der Waals surface area (Å²) >= 11 is 0. The standard InChI is InChI=1S/C11H24O7/c1-9(14)11(15)10(8-13)18-7-6-17-5-4-16-3-2-12/h9-15H,2-8H2,1H3. The van der Waals surface area contributed by atoms with Crippen LogP contribution in [0.1, 0.15) is 6.92 Å². The van der Waals surface area contributed by atoms with E-state index in [2.05, 4.69) is 0 Å². The minimum Gasteiger partial charge on any atom is -0.394 e. The van der Waals surface area contributed by atoms with E-state index in [1.807, 2.05) is 0 Å². The Kier molecular flexibility index (Phi) is 11.6. The molecule has 0 saturated carbocycles. The van der Waals surface area contributed by atoms with E-state index < -0.39 is 18.3 Å². The van der Waals surface area contributed by atoms with Gasteiger partial charge in [0.25, 0.3) is 0 Å². The zero-order valence-corrected chi connectivity index (χ0v) is 10.7. The second-order valence-electron chi connectivity index (χ2n) is 3.77. The molecule has 0 radical (unpaired) electrons. The van der Waals surface area contributed by atoms with Crippen molar-refractivity contribution in [2.45, 2.75) is 25.2 Å². The molecule has 0 aromatic rings. The SMILES string of the molecule is CC(O)C(O)C(CO)OCCOCCOCCO. The topological polar surface area (TPSA) is 109 Å². The summed E-state index contributed by atoms with van der Waals surface area (Å²) in [5.74, 6) is 0. The number of rotatable bonds is 12. The molecule has 0 aliphatic rings. The predicted molar refractivity (Wildman–Crippen MR) is 63.2 cm³/mol. The second-order valence-corrected chi connectivity index (χ2v) is 3.77. The van der Waals surface area contributed by atoms with E-state index in [4.69, 9.17) is 29.5 Å². The zero-order valence-electron chi connectivity index (χ0n) is 10.7. The highest BCUT2D eigenvalue weighted by molar-refractivity contribution is 4.72. The van der Waals surface area contributed by atoms with E-state index in [-0.39, 0.29) is 26.4 Å². The van der Waals surface area contributed by atoms with E-state index in [1.54, 1.807) is 0 Å². The van der Waals surface area contributed by atoms with Crippen LogP contribution in [-0.2, 0) is 14.2 Å². The van der Waals surface area contributed by atoms with E-state index >= 15 is 0 Å². The number of hydrogen-bond acceptors (Lipinski definition) is 7. The van der Waals surface area contributed by atoms with E-state index in [0.29, 0.717) is 19.8 Å². The Morgan fingerprint density at radius 3 is 1.94 bits per heavy atom. The van der Waals surface area contributed by atoms with Crippen molar-refractivity contribution in [2.24, 2.45) is 0 Å². The molecule has 0 aromatic carbocycles. The number of aliphatic hydroxyl groups is 4. The van der Waals surface area contributed by atoms with Crippen molar-refractivity contribution >= 4 is 0 Å². The van der Waals surface area contributed by atoms with Crippen LogP contribution in [0.25, 0.3) is 0 Å². The minimum atomic E-state index is -1.12. The van der Waals surface area contributed by atoms with Crippen molar-refractivity contribution in [2.75, 3.05) is 46.2 Å². The first kappa shape index (κ1) is 17.7. The fourth-order valence-corrected chi connectivity index (χ4v) is 1.21. The van der Waals surface area contributed by atoms with Gasteiger partial charge in [-0.3, -0.25) is 0 Å². The average molecular weight is 268 g/mol. The lowest BCUT2D eigenvalue weighted by Crippen LogP contribution is -2.40. The first-order chi connectivity index (χ1) is 8.63. The highest BCUT2D eigenvalue weighted by Crippen LogP contribution is 2.03. The summed E-state index contributed by atoms with van der Waals surface area (Å²) in [4.78, 5) is 0. The van der Waals surface area contributed by atoms with Gasteiger partial charge in [0, 0.05) is 0 Å². The Morgan fingerprint density at radius 1 is 0.889 bits per heavy atom. The first-order valence-corrected chi connectivity index (χ1v) is 5.98. The van der Waals surface area contributed by atoms with Crippen LogP contribution in [0.5, 0.6) is 0 Å². The van der Waals surface area contributed by atoms with Gasteiger partial charge in [0.1, 0.15) is 12.2 Å². The minimum absolute atomic E-state index is 0.0154. The van der Waals surface area contributed by atoms with Gasteiger partial charge in [0.05, 0.1) is 52.4 Å².